The summed E-state index contributed by atoms with van der Waals surface area (Å²) >= 11 is 6.15. The third kappa shape index (κ3) is 5.92. The molecular formula is C21H32ClN3O2. The maximum Gasteiger partial charge on any atom is 0.305 e. The van der Waals surface area contributed by atoms with Gasteiger partial charge in [-0.15, -0.1) is 0 Å². The molecule has 2 saturated heterocycles. The first-order chi connectivity index (χ1) is 13.0. The Morgan fingerprint density at radius 1 is 1.22 bits per heavy atom. The minimum absolute atomic E-state index is 0.0981. The van der Waals surface area contributed by atoms with Crippen molar-refractivity contribution < 1.29 is 9.53 Å². The van der Waals surface area contributed by atoms with Crippen LogP contribution >= 0.6 is 11.6 Å². The lowest BCUT2D eigenvalue weighted by atomic mass is 9.86. The van der Waals surface area contributed by atoms with Crippen molar-refractivity contribution >= 4 is 17.6 Å². The molecule has 0 unspecified atom stereocenters. The average Bonchev–Trinajstić information content (AvgIpc) is 2.67. The number of hydrogen-bond acceptors (Lipinski definition) is 5. The van der Waals surface area contributed by atoms with Gasteiger partial charge < -0.3 is 9.64 Å². The van der Waals surface area contributed by atoms with Crippen molar-refractivity contribution in [3.05, 3.63) is 34.9 Å². The van der Waals surface area contributed by atoms with Crippen LogP contribution in [0.5, 0.6) is 0 Å². The predicted octanol–water partition coefficient (Wildman–Crippen LogP) is 2.73. The van der Waals surface area contributed by atoms with Crippen LogP contribution in [0, 0.1) is 5.92 Å². The number of piperazine rings is 1. The molecule has 0 bridgehead atoms. The number of likely N-dealkylation sites (tertiary alicyclic amines) is 1. The molecule has 0 aromatic heterocycles. The standard InChI is InChI=1S/C21H32ClN3O2/c1-23-10-12-25(13-11-23)20-8-9-24(15-17-4-3-5-19(22)14-17)16-18(20)6-7-21(26)27-2/h3-5,14,18,20H,6-13,15-16H2,1-2H3/t18-,20+/m0/s1. The smallest absolute Gasteiger partial charge is 0.305 e. The van der Waals surface area contributed by atoms with Crippen LogP contribution in [-0.4, -0.2) is 80.1 Å². The zero-order valence-electron chi connectivity index (χ0n) is 16.6. The molecule has 3 rings (SSSR count). The average molecular weight is 394 g/mol. The van der Waals surface area contributed by atoms with Crippen LogP contribution in [0.15, 0.2) is 24.3 Å². The minimum Gasteiger partial charge on any atom is -0.469 e. The monoisotopic (exact) mass is 393 g/mol. The third-order valence-electron chi connectivity index (χ3n) is 6.03. The molecule has 150 valence electrons. The van der Waals surface area contributed by atoms with E-state index >= 15 is 0 Å². The second kappa shape index (κ2) is 9.87. The maximum absolute atomic E-state index is 11.7. The highest BCUT2D eigenvalue weighted by Gasteiger charge is 2.34. The number of carbonyl (C=O) groups excluding carboxylic acids is 1. The summed E-state index contributed by atoms with van der Waals surface area (Å²) in [4.78, 5) is 19.3. The summed E-state index contributed by atoms with van der Waals surface area (Å²) in [6.07, 6.45) is 2.57. The Balaban J connectivity index is 1.63. The van der Waals surface area contributed by atoms with E-state index in [4.69, 9.17) is 16.3 Å². The van der Waals surface area contributed by atoms with Crippen LogP contribution in [0.2, 0.25) is 5.02 Å². The normalized spacial score (nSPS) is 25.4. The molecule has 0 radical (unpaired) electrons. The predicted molar refractivity (Wildman–Crippen MR) is 109 cm³/mol. The fourth-order valence-corrected chi connectivity index (χ4v) is 4.67. The SMILES string of the molecule is COC(=O)CC[C@H]1CN(Cc2cccc(Cl)c2)CC[C@H]1N1CCN(C)CC1. The Morgan fingerprint density at radius 3 is 2.70 bits per heavy atom. The van der Waals surface area contributed by atoms with Crippen LogP contribution in [0.1, 0.15) is 24.8 Å². The second-order valence-electron chi connectivity index (χ2n) is 7.94. The molecule has 6 heteroatoms. The van der Waals surface area contributed by atoms with E-state index in [0.717, 1.165) is 63.7 Å². The number of ether oxygens (including phenoxy) is 1. The zero-order valence-corrected chi connectivity index (χ0v) is 17.3. The van der Waals surface area contributed by atoms with E-state index < -0.39 is 0 Å². The number of likely N-dealkylation sites (N-methyl/N-ethyl adjacent to an activating group) is 1. The van der Waals surface area contributed by atoms with Crippen LogP contribution in [-0.2, 0) is 16.1 Å². The first-order valence-electron chi connectivity index (χ1n) is 10.0. The molecule has 2 heterocycles. The molecule has 0 amide bonds. The van der Waals surface area contributed by atoms with Gasteiger partial charge in [0.05, 0.1) is 7.11 Å². The van der Waals surface area contributed by atoms with Crippen LogP contribution < -0.4 is 0 Å². The molecule has 0 aliphatic carbocycles. The van der Waals surface area contributed by atoms with Crippen molar-refractivity contribution in [1.82, 2.24) is 14.7 Å². The van der Waals surface area contributed by atoms with E-state index in [1.54, 1.807) is 0 Å². The second-order valence-corrected chi connectivity index (χ2v) is 8.37. The molecule has 0 saturated carbocycles. The number of piperidine rings is 1. The van der Waals surface area contributed by atoms with Crippen molar-refractivity contribution in [3.8, 4) is 0 Å². The molecule has 1 aromatic carbocycles. The number of carbonyl (C=O) groups is 1. The topological polar surface area (TPSA) is 36.0 Å². The van der Waals surface area contributed by atoms with Crippen molar-refractivity contribution in [2.24, 2.45) is 5.92 Å². The van der Waals surface area contributed by atoms with Crippen molar-refractivity contribution in [2.45, 2.75) is 31.8 Å². The number of methoxy groups -OCH3 is 1. The third-order valence-corrected chi connectivity index (χ3v) is 6.26. The molecule has 2 atom stereocenters. The van der Waals surface area contributed by atoms with E-state index in [2.05, 4.69) is 33.9 Å². The number of rotatable bonds is 6. The van der Waals surface area contributed by atoms with E-state index in [0.29, 0.717) is 18.4 Å². The van der Waals surface area contributed by atoms with Gasteiger partial charge >= 0.3 is 5.97 Å². The summed E-state index contributed by atoms with van der Waals surface area (Å²) in [5.41, 5.74) is 1.26. The molecule has 0 spiro atoms. The van der Waals surface area contributed by atoms with Gasteiger partial charge in [0.1, 0.15) is 0 Å². The van der Waals surface area contributed by atoms with Gasteiger partial charge in [0, 0.05) is 56.8 Å². The summed E-state index contributed by atoms with van der Waals surface area (Å²) < 4.78 is 4.88. The van der Waals surface area contributed by atoms with Crippen molar-refractivity contribution in [2.75, 3.05) is 53.4 Å². The zero-order chi connectivity index (χ0) is 19.2. The fraction of sp³-hybridized carbons (Fsp3) is 0.667. The lowest BCUT2D eigenvalue weighted by Gasteiger charge is -2.46. The van der Waals surface area contributed by atoms with Gasteiger partial charge in [-0.2, -0.15) is 0 Å². The Labute approximate surface area is 168 Å². The molecule has 0 N–H and O–H groups in total. The van der Waals surface area contributed by atoms with Crippen molar-refractivity contribution in [3.63, 3.8) is 0 Å². The summed E-state index contributed by atoms with van der Waals surface area (Å²) in [5.74, 6) is 0.402. The van der Waals surface area contributed by atoms with Gasteiger partial charge in [-0.3, -0.25) is 14.6 Å². The Hall–Kier alpha value is -1.14. The molecule has 2 fully saturated rings. The number of esters is 1. The minimum atomic E-state index is -0.0981. The summed E-state index contributed by atoms with van der Waals surface area (Å²) in [6.45, 7) is 7.57. The first kappa shape index (κ1) is 20.6. The maximum atomic E-state index is 11.7. The van der Waals surface area contributed by atoms with Gasteiger partial charge in [-0.1, -0.05) is 23.7 Å². The molecule has 5 nitrogen and oxygen atoms in total. The quantitative estimate of drug-likeness (QED) is 0.694. The molecule has 27 heavy (non-hydrogen) atoms. The van der Waals surface area contributed by atoms with Gasteiger partial charge in [0.25, 0.3) is 0 Å². The Kier molecular flexibility index (Phi) is 7.53. The Bertz CT molecular complexity index is 619. The van der Waals surface area contributed by atoms with Crippen LogP contribution in [0.3, 0.4) is 0 Å². The molecule has 2 aliphatic heterocycles. The van der Waals surface area contributed by atoms with Crippen LogP contribution in [0.25, 0.3) is 0 Å². The fourth-order valence-electron chi connectivity index (χ4n) is 4.46. The summed E-state index contributed by atoms with van der Waals surface area (Å²) in [7, 11) is 3.67. The Morgan fingerprint density at radius 2 is 2.00 bits per heavy atom. The number of hydrogen-bond donors (Lipinski definition) is 0. The summed E-state index contributed by atoms with van der Waals surface area (Å²) in [5, 5.41) is 0.794. The number of nitrogens with zero attached hydrogens (tertiary/aromatic N) is 3. The van der Waals surface area contributed by atoms with Crippen LogP contribution in [0.4, 0.5) is 0 Å². The summed E-state index contributed by atoms with van der Waals surface area (Å²) in [6, 6.07) is 8.70. The highest BCUT2D eigenvalue weighted by molar-refractivity contribution is 6.30. The van der Waals surface area contributed by atoms with Crippen molar-refractivity contribution in [1.29, 1.82) is 0 Å². The lowest BCUT2D eigenvalue weighted by molar-refractivity contribution is -0.141. The first-order valence-corrected chi connectivity index (χ1v) is 10.4. The van der Waals surface area contributed by atoms with E-state index in [-0.39, 0.29) is 5.97 Å². The van der Waals surface area contributed by atoms with Gasteiger partial charge in [0.15, 0.2) is 0 Å². The number of benzene rings is 1. The highest BCUT2D eigenvalue weighted by Crippen LogP contribution is 2.28. The van der Waals surface area contributed by atoms with E-state index in [9.17, 15) is 4.79 Å². The molecule has 1 aromatic rings. The highest BCUT2D eigenvalue weighted by atomic mass is 35.5. The molecular weight excluding hydrogens is 362 g/mol. The van der Waals surface area contributed by atoms with E-state index in [1.807, 2.05) is 12.1 Å². The largest absolute Gasteiger partial charge is 0.469 e. The van der Waals surface area contributed by atoms with Gasteiger partial charge in [-0.25, -0.2) is 0 Å². The van der Waals surface area contributed by atoms with E-state index in [1.165, 1.54) is 12.7 Å². The molecule has 2 aliphatic rings. The number of halogens is 1. The lowest BCUT2D eigenvalue weighted by Crippen LogP contribution is -2.56. The van der Waals surface area contributed by atoms with Gasteiger partial charge in [0.2, 0.25) is 0 Å². The van der Waals surface area contributed by atoms with Gasteiger partial charge in [-0.05, 0) is 50.0 Å².